The van der Waals surface area contributed by atoms with Crippen molar-refractivity contribution in [1.29, 1.82) is 0 Å². The van der Waals surface area contributed by atoms with Crippen molar-refractivity contribution >= 4 is 33.9 Å². The summed E-state index contributed by atoms with van der Waals surface area (Å²) in [7, 11) is -0.984. The molecule has 3 N–H and O–H groups in total. The van der Waals surface area contributed by atoms with Crippen LogP contribution in [0.5, 0.6) is 0 Å². The van der Waals surface area contributed by atoms with Crippen LogP contribution in [0.15, 0.2) is 36.5 Å². The molecule has 120 valence electrons. The fourth-order valence-corrected chi connectivity index (χ4v) is 2.60. The molecule has 0 radical (unpaired) electrons. The van der Waals surface area contributed by atoms with E-state index in [2.05, 4.69) is 10.3 Å². The zero-order valence-corrected chi connectivity index (χ0v) is 13.0. The van der Waals surface area contributed by atoms with Gasteiger partial charge in [0.25, 0.3) is 11.6 Å². The summed E-state index contributed by atoms with van der Waals surface area (Å²) in [6.45, 7) is 0. The molecule has 2 rings (SSSR count). The minimum Gasteiger partial charge on any atom is -0.365 e. The molecule has 0 saturated carbocycles. The molecule has 9 heteroatoms. The highest BCUT2D eigenvalue weighted by molar-refractivity contribution is 7.83. The summed E-state index contributed by atoms with van der Waals surface area (Å²) in [5, 5.41) is 13.7. The van der Waals surface area contributed by atoms with Crippen LogP contribution in [0, 0.1) is 10.1 Å². The second-order valence-electron chi connectivity index (χ2n) is 4.75. The zero-order valence-electron chi connectivity index (χ0n) is 12.2. The van der Waals surface area contributed by atoms with Gasteiger partial charge in [-0.2, -0.15) is 0 Å². The fourth-order valence-electron chi connectivity index (χ4n) is 1.95. The summed E-state index contributed by atoms with van der Waals surface area (Å²) < 4.78 is 11.3. The lowest BCUT2D eigenvalue weighted by Crippen LogP contribution is -2.14. The maximum absolute atomic E-state index is 11.5. The maximum Gasteiger partial charge on any atom is 0.288 e. The number of carbonyl (C=O) groups excluding carboxylic acids is 1. The highest BCUT2D eigenvalue weighted by atomic mass is 32.2. The van der Waals surface area contributed by atoms with Crippen LogP contribution < -0.4 is 11.1 Å². The average Bonchev–Trinajstić information content (AvgIpc) is 2.46. The second-order valence-corrected chi connectivity index (χ2v) is 6.19. The number of primary amides is 1. The Morgan fingerprint density at radius 3 is 2.78 bits per heavy atom. The van der Waals surface area contributed by atoms with Gasteiger partial charge in [-0.1, -0.05) is 12.1 Å². The monoisotopic (exact) mass is 334 g/mol. The Hall–Kier alpha value is -2.81. The van der Waals surface area contributed by atoms with Crippen LogP contribution in [0.1, 0.15) is 15.9 Å². The Labute approximate surface area is 134 Å². The summed E-state index contributed by atoms with van der Waals surface area (Å²) >= 11 is 0. The van der Waals surface area contributed by atoms with Crippen molar-refractivity contribution in [3.05, 3.63) is 57.8 Å². The number of nitro groups is 1. The molecule has 1 unspecified atom stereocenters. The van der Waals surface area contributed by atoms with Gasteiger partial charge in [0.05, 0.1) is 10.5 Å². The number of amides is 1. The van der Waals surface area contributed by atoms with E-state index in [-0.39, 0.29) is 17.1 Å². The van der Waals surface area contributed by atoms with Crippen LogP contribution in [0.25, 0.3) is 0 Å². The Bertz CT molecular complexity index is 794. The summed E-state index contributed by atoms with van der Waals surface area (Å²) in [5.74, 6) is -0.307. The molecule has 2 aromatic rings. The van der Waals surface area contributed by atoms with Crippen LogP contribution in [0.4, 0.5) is 17.2 Å². The van der Waals surface area contributed by atoms with E-state index in [4.69, 9.17) is 5.73 Å². The van der Waals surface area contributed by atoms with Gasteiger partial charge in [-0.25, -0.2) is 4.98 Å². The molecule has 1 aromatic heterocycles. The molecule has 0 aliphatic carbocycles. The molecule has 8 nitrogen and oxygen atoms in total. The van der Waals surface area contributed by atoms with Crippen LogP contribution in [0.3, 0.4) is 0 Å². The predicted octanol–water partition coefficient (Wildman–Crippen LogP) is 1.71. The molecule has 23 heavy (non-hydrogen) atoms. The molecule has 1 atom stereocenters. The predicted molar refractivity (Wildman–Crippen MR) is 86.9 cm³/mol. The SMILES string of the molecule is CS(=O)Cc1cccc(Nc2ncc([N+](=O)[O-])cc2C(N)=O)c1. The number of anilines is 2. The van der Waals surface area contributed by atoms with E-state index in [0.717, 1.165) is 17.8 Å². The van der Waals surface area contributed by atoms with E-state index in [1.807, 2.05) is 6.07 Å². The number of benzene rings is 1. The molecule has 1 heterocycles. The molecule has 0 bridgehead atoms. The second kappa shape index (κ2) is 6.97. The van der Waals surface area contributed by atoms with Gasteiger partial charge < -0.3 is 11.1 Å². The number of carbonyl (C=O) groups is 1. The van der Waals surface area contributed by atoms with Gasteiger partial charge in [-0.3, -0.25) is 19.1 Å². The van der Waals surface area contributed by atoms with E-state index < -0.39 is 21.6 Å². The lowest BCUT2D eigenvalue weighted by Gasteiger charge is -2.10. The van der Waals surface area contributed by atoms with Crippen molar-refractivity contribution in [2.45, 2.75) is 5.75 Å². The van der Waals surface area contributed by atoms with Gasteiger partial charge in [-0.05, 0) is 17.7 Å². The first-order valence-electron chi connectivity index (χ1n) is 6.47. The number of nitrogens with one attached hydrogen (secondary N) is 1. The smallest absolute Gasteiger partial charge is 0.288 e. The van der Waals surface area contributed by atoms with Gasteiger partial charge >= 0.3 is 0 Å². The molecule has 0 spiro atoms. The first-order chi connectivity index (χ1) is 10.9. The highest BCUT2D eigenvalue weighted by Crippen LogP contribution is 2.23. The number of pyridine rings is 1. The maximum atomic E-state index is 11.5. The topological polar surface area (TPSA) is 128 Å². The zero-order chi connectivity index (χ0) is 17.0. The largest absolute Gasteiger partial charge is 0.365 e. The first-order valence-corrected chi connectivity index (χ1v) is 8.20. The third-order valence-corrected chi connectivity index (χ3v) is 3.65. The minimum atomic E-state index is -0.984. The van der Waals surface area contributed by atoms with E-state index in [0.29, 0.717) is 11.4 Å². The number of nitrogens with two attached hydrogens (primary N) is 1. The van der Waals surface area contributed by atoms with E-state index in [1.54, 1.807) is 24.5 Å². The quantitative estimate of drug-likeness (QED) is 0.611. The van der Waals surface area contributed by atoms with Gasteiger partial charge in [0.2, 0.25) is 0 Å². The minimum absolute atomic E-state index is 0.0799. The van der Waals surface area contributed by atoms with Gasteiger partial charge in [0, 0.05) is 34.6 Å². The average molecular weight is 334 g/mol. The first kappa shape index (κ1) is 16.6. The summed E-state index contributed by atoms with van der Waals surface area (Å²) in [6, 6.07) is 8.15. The van der Waals surface area contributed by atoms with Crippen molar-refractivity contribution in [1.82, 2.24) is 4.98 Å². The number of rotatable bonds is 6. The lowest BCUT2D eigenvalue weighted by molar-refractivity contribution is -0.385. The van der Waals surface area contributed by atoms with Gasteiger partial charge in [-0.15, -0.1) is 0 Å². The standard InChI is InChI=1S/C14H14N4O4S/c1-23(22)8-9-3-2-4-10(5-9)17-14-12(13(15)19)6-11(7-16-14)18(20)21/h2-7H,8H2,1H3,(H2,15,19)(H,16,17). The summed E-state index contributed by atoms with van der Waals surface area (Å²) in [5.41, 5.74) is 6.31. The van der Waals surface area contributed by atoms with Crippen molar-refractivity contribution in [2.75, 3.05) is 11.6 Å². The van der Waals surface area contributed by atoms with E-state index in [9.17, 15) is 19.1 Å². The molecule has 0 saturated heterocycles. The Balaban J connectivity index is 2.34. The van der Waals surface area contributed by atoms with E-state index in [1.165, 1.54) is 0 Å². The van der Waals surface area contributed by atoms with E-state index >= 15 is 0 Å². The third-order valence-electron chi connectivity index (χ3n) is 2.91. The Morgan fingerprint density at radius 2 is 2.17 bits per heavy atom. The van der Waals surface area contributed by atoms with Crippen LogP contribution in [-0.2, 0) is 16.6 Å². The third kappa shape index (κ3) is 4.33. The molecule has 1 amide bonds. The van der Waals surface area contributed by atoms with Crippen LogP contribution in [-0.4, -0.2) is 26.3 Å². The normalized spacial score (nSPS) is 11.7. The number of aromatic nitrogens is 1. The van der Waals surface area contributed by atoms with Crippen molar-refractivity contribution < 1.29 is 13.9 Å². The molecule has 0 fully saturated rings. The van der Waals surface area contributed by atoms with Crippen molar-refractivity contribution in [3.63, 3.8) is 0 Å². The number of hydrogen-bond acceptors (Lipinski definition) is 6. The summed E-state index contributed by atoms with van der Waals surface area (Å²) in [6.07, 6.45) is 2.64. The molecule has 1 aromatic carbocycles. The number of hydrogen-bond donors (Lipinski definition) is 2. The fraction of sp³-hybridized carbons (Fsp3) is 0.143. The van der Waals surface area contributed by atoms with Crippen molar-refractivity contribution in [2.24, 2.45) is 5.73 Å². The van der Waals surface area contributed by atoms with Gasteiger partial charge in [0.1, 0.15) is 12.0 Å². The lowest BCUT2D eigenvalue weighted by atomic mass is 10.2. The van der Waals surface area contributed by atoms with Crippen LogP contribution in [0.2, 0.25) is 0 Å². The molecular weight excluding hydrogens is 320 g/mol. The Kier molecular flexibility index (Phi) is 5.02. The number of nitrogens with zero attached hydrogens (tertiary/aromatic N) is 2. The Morgan fingerprint density at radius 1 is 1.43 bits per heavy atom. The summed E-state index contributed by atoms with van der Waals surface area (Å²) in [4.78, 5) is 25.5. The van der Waals surface area contributed by atoms with Crippen LogP contribution >= 0.6 is 0 Å². The molecular formula is C14H14N4O4S. The molecule has 0 aliphatic rings. The van der Waals surface area contributed by atoms with Gasteiger partial charge in [0.15, 0.2) is 0 Å². The van der Waals surface area contributed by atoms with Crippen molar-refractivity contribution in [3.8, 4) is 0 Å². The highest BCUT2D eigenvalue weighted by Gasteiger charge is 2.16. The molecule has 0 aliphatic heterocycles.